The highest BCUT2D eigenvalue weighted by Gasteiger charge is 2.18. The Labute approximate surface area is 185 Å². The van der Waals surface area contributed by atoms with E-state index < -0.39 is 5.91 Å². The number of pyridine rings is 1. The molecular formula is C24H23N5O3. The molecule has 2 N–H and O–H groups in total. The highest BCUT2D eigenvalue weighted by molar-refractivity contribution is 6.06. The van der Waals surface area contributed by atoms with Gasteiger partial charge in [-0.05, 0) is 48.4 Å². The van der Waals surface area contributed by atoms with Crippen molar-refractivity contribution in [1.29, 1.82) is 0 Å². The van der Waals surface area contributed by atoms with Gasteiger partial charge in [-0.25, -0.2) is 9.97 Å². The maximum atomic E-state index is 12.8. The number of nitrogens with two attached hydrogens (primary N) is 1. The fourth-order valence-electron chi connectivity index (χ4n) is 3.59. The number of amides is 2. The maximum absolute atomic E-state index is 12.8. The lowest BCUT2D eigenvalue weighted by Crippen LogP contribution is -2.26. The van der Waals surface area contributed by atoms with E-state index >= 15 is 0 Å². The SMILES string of the molecule is COc1cc(CCn2c(C(N)=O)nc3cc(N(C)C(=O)c4ccccc4)ccc32)ccn1. The number of hydrogen-bond donors (Lipinski definition) is 1. The minimum atomic E-state index is -0.608. The number of aromatic nitrogens is 3. The number of nitrogens with zero attached hydrogens (tertiary/aromatic N) is 4. The van der Waals surface area contributed by atoms with Gasteiger partial charge in [-0.3, -0.25) is 9.59 Å². The number of methoxy groups -OCH3 is 1. The third kappa shape index (κ3) is 4.15. The van der Waals surface area contributed by atoms with Gasteiger partial charge in [0.05, 0.1) is 18.1 Å². The summed E-state index contributed by atoms with van der Waals surface area (Å²) < 4.78 is 6.97. The van der Waals surface area contributed by atoms with Crippen molar-refractivity contribution in [1.82, 2.24) is 14.5 Å². The molecule has 0 radical (unpaired) electrons. The van der Waals surface area contributed by atoms with Crippen LogP contribution in [0.4, 0.5) is 5.69 Å². The van der Waals surface area contributed by atoms with Gasteiger partial charge in [0.25, 0.3) is 11.8 Å². The van der Waals surface area contributed by atoms with E-state index in [-0.39, 0.29) is 11.7 Å². The van der Waals surface area contributed by atoms with Crippen LogP contribution >= 0.6 is 0 Å². The Hall–Kier alpha value is -4.20. The Bertz CT molecular complexity index is 1280. The number of hydrogen-bond acceptors (Lipinski definition) is 5. The Kier molecular flexibility index (Phi) is 5.85. The molecular weight excluding hydrogens is 406 g/mol. The molecule has 2 amide bonds. The van der Waals surface area contributed by atoms with Crippen molar-refractivity contribution in [3.8, 4) is 5.88 Å². The van der Waals surface area contributed by atoms with Gasteiger partial charge in [0, 0.05) is 37.1 Å². The van der Waals surface area contributed by atoms with Crippen LogP contribution in [-0.2, 0) is 13.0 Å². The van der Waals surface area contributed by atoms with Crippen LogP contribution in [0, 0.1) is 0 Å². The van der Waals surface area contributed by atoms with Crippen LogP contribution in [0.15, 0.2) is 66.9 Å². The van der Waals surface area contributed by atoms with Crippen LogP contribution < -0.4 is 15.4 Å². The Balaban J connectivity index is 1.64. The topological polar surface area (TPSA) is 103 Å². The van der Waals surface area contributed by atoms with Crippen molar-refractivity contribution in [3.63, 3.8) is 0 Å². The molecule has 0 saturated heterocycles. The van der Waals surface area contributed by atoms with E-state index in [9.17, 15) is 9.59 Å². The monoisotopic (exact) mass is 429 g/mol. The van der Waals surface area contributed by atoms with Gasteiger partial charge >= 0.3 is 0 Å². The molecule has 0 saturated carbocycles. The summed E-state index contributed by atoms with van der Waals surface area (Å²) in [5.74, 6) is -0.0333. The summed E-state index contributed by atoms with van der Waals surface area (Å²) in [7, 11) is 3.27. The zero-order valence-electron chi connectivity index (χ0n) is 17.9. The number of carbonyl (C=O) groups is 2. The number of fused-ring (bicyclic) bond motifs is 1. The molecule has 162 valence electrons. The van der Waals surface area contributed by atoms with Gasteiger partial charge in [0.1, 0.15) is 0 Å². The second-order valence-corrected chi connectivity index (χ2v) is 7.31. The van der Waals surface area contributed by atoms with Crippen molar-refractivity contribution < 1.29 is 14.3 Å². The number of imidazole rings is 1. The second-order valence-electron chi connectivity index (χ2n) is 7.31. The molecule has 2 aromatic heterocycles. The summed E-state index contributed by atoms with van der Waals surface area (Å²) in [5.41, 5.74) is 9.23. The van der Waals surface area contributed by atoms with Gasteiger partial charge < -0.3 is 19.9 Å². The maximum Gasteiger partial charge on any atom is 0.284 e. The Morgan fingerprint density at radius 1 is 1.09 bits per heavy atom. The molecule has 4 aromatic rings. The quantitative estimate of drug-likeness (QED) is 0.486. The minimum absolute atomic E-state index is 0.133. The number of carbonyl (C=O) groups excluding carboxylic acids is 2. The molecule has 0 aliphatic heterocycles. The first-order valence-corrected chi connectivity index (χ1v) is 10.1. The number of benzene rings is 2. The van der Waals surface area contributed by atoms with Crippen molar-refractivity contribution in [2.45, 2.75) is 13.0 Å². The lowest BCUT2D eigenvalue weighted by atomic mass is 10.1. The van der Waals surface area contributed by atoms with Crippen LogP contribution in [-0.4, -0.2) is 40.5 Å². The smallest absolute Gasteiger partial charge is 0.284 e. The molecule has 0 fully saturated rings. The van der Waals surface area contributed by atoms with Crippen molar-refractivity contribution in [3.05, 3.63) is 83.8 Å². The van der Waals surface area contributed by atoms with E-state index in [0.717, 1.165) is 11.1 Å². The third-order valence-corrected chi connectivity index (χ3v) is 5.30. The molecule has 8 heteroatoms. The summed E-state index contributed by atoms with van der Waals surface area (Å²) >= 11 is 0. The van der Waals surface area contributed by atoms with Crippen molar-refractivity contribution in [2.24, 2.45) is 5.73 Å². The predicted molar refractivity (Wildman–Crippen MR) is 122 cm³/mol. The lowest BCUT2D eigenvalue weighted by molar-refractivity contribution is 0.0981. The average molecular weight is 429 g/mol. The van der Waals surface area contributed by atoms with Gasteiger partial charge in [0.2, 0.25) is 5.88 Å². The standard InChI is InChI=1S/C24H23N5O3/c1-28(24(31)17-6-4-3-5-7-17)18-8-9-20-19(15-18)27-23(22(25)30)29(20)13-11-16-10-12-26-21(14-16)32-2/h3-10,12,14-15H,11,13H2,1-2H3,(H2,25,30). The van der Waals surface area contributed by atoms with Crippen molar-refractivity contribution in [2.75, 3.05) is 19.1 Å². The average Bonchev–Trinajstić information content (AvgIpc) is 3.20. The van der Waals surface area contributed by atoms with Crippen molar-refractivity contribution >= 4 is 28.5 Å². The third-order valence-electron chi connectivity index (χ3n) is 5.30. The Morgan fingerprint density at radius 2 is 1.88 bits per heavy atom. The molecule has 0 bridgehead atoms. The van der Waals surface area contributed by atoms with E-state index in [0.29, 0.717) is 35.6 Å². The van der Waals surface area contributed by atoms with Crippen LogP contribution in [0.25, 0.3) is 11.0 Å². The molecule has 2 heterocycles. The fraction of sp³-hybridized carbons (Fsp3) is 0.167. The van der Waals surface area contributed by atoms with Crippen LogP contribution in [0.3, 0.4) is 0 Å². The molecule has 2 aromatic carbocycles. The van der Waals surface area contributed by atoms with Crippen LogP contribution in [0.1, 0.15) is 26.5 Å². The molecule has 0 unspecified atom stereocenters. The highest BCUT2D eigenvalue weighted by atomic mass is 16.5. The van der Waals surface area contributed by atoms with E-state index in [2.05, 4.69) is 9.97 Å². The summed E-state index contributed by atoms with van der Waals surface area (Å²) in [4.78, 5) is 35.0. The molecule has 0 aliphatic rings. The number of rotatable bonds is 7. The molecule has 0 spiro atoms. The zero-order chi connectivity index (χ0) is 22.7. The molecule has 0 atom stereocenters. The number of aryl methyl sites for hydroxylation is 2. The first kappa shape index (κ1) is 21.0. The van der Waals surface area contributed by atoms with Crippen LogP contribution in [0.5, 0.6) is 5.88 Å². The van der Waals surface area contributed by atoms with E-state index in [1.165, 1.54) is 0 Å². The summed E-state index contributed by atoms with van der Waals surface area (Å²) in [6.45, 7) is 0.500. The molecule has 4 rings (SSSR count). The molecule has 32 heavy (non-hydrogen) atoms. The fourth-order valence-corrected chi connectivity index (χ4v) is 3.59. The van der Waals surface area contributed by atoms with Gasteiger partial charge in [0.15, 0.2) is 5.82 Å². The summed E-state index contributed by atoms with van der Waals surface area (Å²) in [6, 6.07) is 18.3. The van der Waals surface area contributed by atoms with E-state index in [1.54, 1.807) is 48.0 Å². The van der Waals surface area contributed by atoms with Gasteiger partial charge in [-0.2, -0.15) is 0 Å². The van der Waals surface area contributed by atoms with E-state index in [1.807, 2.05) is 42.5 Å². The molecule has 0 aliphatic carbocycles. The first-order valence-electron chi connectivity index (χ1n) is 10.1. The summed E-state index contributed by atoms with van der Waals surface area (Å²) in [6.07, 6.45) is 2.32. The zero-order valence-corrected chi connectivity index (χ0v) is 17.9. The second kappa shape index (κ2) is 8.89. The van der Waals surface area contributed by atoms with Crippen LogP contribution in [0.2, 0.25) is 0 Å². The number of anilines is 1. The van der Waals surface area contributed by atoms with Gasteiger partial charge in [-0.15, -0.1) is 0 Å². The predicted octanol–water partition coefficient (Wildman–Crippen LogP) is 3.06. The number of primary amides is 1. The Morgan fingerprint density at radius 3 is 2.59 bits per heavy atom. The first-order chi connectivity index (χ1) is 15.5. The normalized spacial score (nSPS) is 10.8. The lowest BCUT2D eigenvalue weighted by Gasteiger charge is -2.17. The molecule has 8 nitrogen and oxygen atoms in total. The van der Waals surface area contributed by atoms with E-state index in [4.69, 9.17) is 10.5 Å². The summed E-state index contributed by atoms with van der Waals surface area (Å²) in [5, 5.41) is 0. The number of ether oxygens (including phenoxy) is 1. The minimum Gasteiger partial charge on any atom is -0.481 e. The highest BCUT2D eigenvalue weighted by Crippen LogP contribution is 2.24. The largest absolute Gasteiger partial charge is 0.481 e. The van der Waals surface area contributed by atoms with Gasteiger partial charge in [-0.1, -0.05) is 18.2 Å².